The molecule has 2 amide bonds. The smallest absolute Gasteiger partial charge is 0.279 e. The highest BCUT2D eigenvalue weighted by Gasteiger charge is 2.19. The third-order valence-electron chi connectivity index (χ3n) is 4.19. The first-order chi connectivity index (χ1) is 12.0. The number of hydrogen-bond acceptors (Lipinski definition) is 5. The number of H-pyrrole nitrogens is 2. The Bertz CT molecular complexity index is 899. The van der Waals surface area contributed by atoms with Crippen molar-refractivity contribution in [3.8, 4) is 0 Å². The number of nitrogens with one attached hydrogen (secondary N) is 3. The van der Waals surface area contributed by atoms with Crippen molar-refractivity contribution in [2.24, 2.45) is 0 Å². The molecule has 3 N–H and O–H groups in total. The van der Waals surface area contributed by atoms with Gasteiger partial charge in [-0.1, -0.05) is 0 Å². The van der Waals surface area contributed by atoms with Gasteiger partial charge in [-0.05, 0) is 25.1 Å². The normalized spacial score (nSPS) is 14.4. The van der Waals surface area contributed by atoms with Crippen LogP contribution in [0, 0.1) is 4.77 Å². The highest BCUT2D eigenvalue weighted by molar-refractivity contribution is 7.71. The first kappa shape index (κ1) is 17.3. The molecular weight excluding hydrogens is 344 g/mol. The van der Waals surface area contributed by atoms with E-state index in [2.05, 4.69) is 20.3 Å². The maximum atomic E-state index is 11.9. The van der Waals surface area contributed by atoms with Crippen molar-refractivity contribution in [3.05, 3.63) is 21.5 Å². The van der Waals surface area contributed by atoms with Crippen molar-refractivity contribution in [1.82, 2.24) is 29.7 Å². The molecule has 0 unspecified atom stereocenters. The molecule has 0 saturated carbocycles. The zero-order valence-corrected chi connectivity index (χ0v) is 14.5. The van der Waals surface area contributed by atoms with Gasteiger partial charge in [-0.3, -0.25) is 19.4 Å². The SMILES string of the molecule is O=C(CCn1cnc2c(=O)[nH]c(=S)[nH]c21)NCCCN1CCCC1=O. The zero-order chi connectivity index (χ0) is 17.8. The van der Waals surface area contributed by atoms with Crippen LogP contribution in [-0.2, 0) is 16.1 Å². The average molecular weight is 364 g/mol. The van der Waals surface area contributed by atoms with Gasteiger partial charge in [-0.15, -0.1) is 0 Å². The van der Waals surface area contributed by atoms with Crippen LogP contribution in [0.3, 0.4) is 0 Å². The van der Waals surface area contributed by atoms with Gasteiger partial charge < -0.3 is 19.8 Å². The summed E-state index contributed by atoms with van der Waals surface area (Å²) >= 11 is 4.95. The van der Waals surface area contributed by atoms with Crippen molar-refractivity contribution < 1.29 is 9.59 Å². The van der Waals surface area contributed by atoms with E-state index < -0.39 is 0 Å². The van der Waals surface area contributed by atoms with Crippen LogP contribution in [0.4, 0.5) is 0 Å². The Hall–Kier alpha value is -2.49. The number of aryl methyl sites for hydroxylation is 1. The number of rotatable bonds is 7. The number of aromatic nitrogens is 4. The minimum Gasteiger partial charge on any atom is -0.356 e. The number of hydrogen-bond donors (Lipinski definition) is 3. The lowest BCUT2D eigenvalue weighted by atomic mass is 10.3. The number of fused-ring (bicyclic) bond motifs is 1. The summed E-state index contributed by atoms with van der Waals surface area (Å²) in [5.74, 6) is 0.115. The largest absolute Gasteiger partial charge is 0.356 e. The molecule has 0 atom stereocenters. The predicted octanol–water partition coefficient (Wildman–Crippen LogP) is 0.301. The summed E-state index contributed by atoms with van der Waals surface area (Å²) in [5.41, 5.74) is 0.428. The molecule has 3 heterocycles. The summed E-state index contributed by atoms with van der Waals surface area (Å²) in [6, 6.07) is 0. The van der Waals surface area contributed by atoms with E-state index in [1.165, 1.54) is 6.33 Å². The number of amides is 2. The maximum Gasteiger partial charge on any atom is 0.279 e. The number of aromatic amines is 2. The van der Waals surface area contributed by atoms with E-state index in [-0.39, 0.29) is 34.1 Å². The molecule has 2 aromatic rings. The monoisotopic (exact) mass is 364 g/mol. The molecule has 0 spiro atoms. The van der Waals surface area contributed by atoms with Crippen LogP contribution in [0.2, 0.25) is 0 Å². The van der Waals surface area contributed by atoms with E-state index in [0.717, 1.165) is 19.4 Å². The quantitative estimate of drug-likeness (QED) is 0.483. The Morgan fingerprint density at radius 3 is 2.92 bits per heavy atom. The molecule has 0 bridgehead atoms. The van der Waals surface area contributed by atoms with Crippen LogP contribution in [0.1, 0.15) is 25.7 Å². The van der Waals surface area contributed by atoms with Crippen molar-refractivity contribution >= 4 is 35.2 Å². The fraction of sp³-hybridized carbons (Fsp3) is 0.533. The van der Waals surface area contributed by atoms with E-state index in [1.807, 2.05) is 4.90 Å². The highest BCUT2D eigenvalue weighted by Crippen LogP contribution is 2.09. The topological polar surface area (TPSA) is 116 Å². The summed E-state index contributed by atoms with van der Waals surface area (Å²) in [6.45, 7) is 2.43. The van der Waals surface area contributed by atoms with Crippen LogP contribution in [0.25, 0.3) is 11.2 Å². The number of imidazole rings is 1. The second-order valence-corrected chi connectivity index (χ2v) is 6.39. The number of likely N-dealkylation sites (tertiary alicyclic amines) is 1. The van der Waals surface area contributed by atoms with Crippen LogP contribution < -0.4 is 10.9 Å². The van der Waals surface area contributed by atoms with E-state index in [4.69, 9.17) is 12.2 Å². The molecule has 0 aromatic carbocycles. The Labute approximate surface area is 148 Å². The Morgan fingerprint density at radius 1 is 1.32 bits per heavy atom. The molecule has 3 rings (SSSR count). The molecule has 9 nitrogen and oxygen atoms in total. The Balaban J connectivity index is 1.45. The van der Waals surface area contributed by atoms with Gasteiger partial charge in [0.2, 0.25) is 11.8 Å². The molecule has 1 saturated heterocycles. The highest BCUT2D eigenvalue weighted by atomic mass is 32.1. The zero-order valence-electron chi connectivity index (χ0n) is 13.7. The number of carbonyl (C=O) groups excluding carboxylic acids is 2. The summed E-state index contributed by atoms with van der Waals surface area (Å²) in [4.78, 5) is 46.4. The van der Waals surface area contributed by atoms with Gasteiger partial charge in [0.05, 0.1) is 6.33 Å². The van der Waals surface area contributed by atoms with Crippen LogP contribution in [-0.4, -0.2) is 55.9 Å². The minimum absolute atomic E-state index is 0.0852. The lowest BCUT2D eigenvalue weighted by Crippen LogP contribution is -2.31. The third kappa shape index (κ3) is 4.13. The van der Waals surface area contributed by atoms with Gasteiger partial charge in [-0.2, -0.15) is 0 Å². The Morgan fingerprint density at radius 2 is 2.16 bits per heavy atom. The fourth-order valence-corrected chi connectivity index (χ4v) is 3.09. The van der Waals surface area contributed by atoms with Crippen LogP contribution in [0.15, 0.2) is 11.1 Å². The lowest BCUT2D eigenvalue weighted by molar-refractivity contribution is -0.127. The van der Waals surface area contributed by atoms with Crippen molar-refractivity contribution in [1.29, 1.82) is 0 Å². The summed E-state index contributed by atoms with van der Waals surface area (Å²) in [7, 11) is 0. The molecule has 0 aliphatic carbocycles. The molecule has 1 aliphatic heterocycles. The van der Waals surface area contributed by atoms with Crippen molar-refractivity contribution in [2.75, 3.05) is 19.6 Å². The second-order valence-electron chi connectivity index (χ2n) is 5.98. The summed E-state index contributed by atoms with van der Waals surface area (Å²) in [6.07, 6.45) is 4.08. The predicted molar refractivity (Wildman–Crippen MR) is 93.6 cm³/mol. The van der Waals surface area contributed by atoms with Crippen LogP contribution in [0.5, 0.6) is 0 Å². The summed E-state index contributed by atoms with van der Waals surface area (Å²) < 4.78 is 1.92. The first-order valence-corrected chi connectivity index (χ1v) is 8.67. The van der Waals surface area contributed by atoms with Gasteiger partial charge in [-0.25, -0.2) is 4.98 Å². The van der Waals surface area contributed by atoms with E-state index >= 15 is 0 Å². The van der Waals surface area contributed by atoms with Gasteiger partial charge in [0.1, 0.15) is 5.65 Å². The molecule has 1 aliphatic rings. The van der Waals surface area contributed by atoms with Gasteiger partial charge in [0.15, 0.2) is 10.3 Å². The minimum atomic E-state index is -0.349. The fourth-order valence-electron chi connectivity index (χ4n) is 2.90. The van der Waals surface area contributed by atoms with E-state index in [9.17, 15) is 14.4 Å². The molecule has 134 valence electrons. The third-order valence-corrected chi connectivity index (χ3v) is 4.39. The first-order valence-electron chi connectivity index (χ1n) is 8.26. The molecule has 0 radical (unpaired) electrons. The molecule has 10 heteroatoms. The average Bonchev–Trinajstić information content (AvgIpc) is 3.16. The lowest BCUT2D eigenvalue weighted by Gasteiger charge is -2.15. The Kier molecular flexibility index (Phi) is 5.27. The molecule has 25 heavy (non-hydrogen) atoms. The van der Waals surface area contributed by atoms with Gasteiger partial charge >= 0.3 is 0 Å². The van der Waals surface area contributed by atoms with Gasteiger partial charge in [0.25, 0.3) is 5.56 Å². The number of nitrogens with zero attached hydrogens (tertiary/aromatic N) is 3. The van der Waals surface area contributed by atoms with Crippen LogP contribution >= 0.6 is 12.2 Å². The standard InChI is InChI=1S/C15H20N6O3S/c22-10(16-5-2-7-20-6-1-3-11(20)23)4-8-21-9-17-12-13(21)18-15(25)19-14(12)24/h9H,1-8H2,(H,16,22)(H2,18,19,24,25). The molecular formula is C15H20N6O3S. The van der Waals surface area contributed by atoms with E-state index in [0.29, 0.717) is 31.7 Å². The van der Waals surface area contributed by atoms with Gasteiger partial charge in [0, 0.05) is 39.0 Å². The maximum absolute atomic E-state index is 11.9. The van der Waals surface area contributed by atoms with E-state index in [1.54, 1.807) is 4.57 Å². The van der Waals surface area contributed by atoms with Crippen molar-refractivity contribution in [2.45, 2.75) is 32.2 Å². The van der Waals surface area contributed by atoms with Crippen molar-refractivity contribution in [3.63, 3.8) is 0 Å². The molecule has 1 fully saturated rings. The second kappa shape index (κ2) is 7.60. The number of carbonyl (C=O) groups is 2. The summed E-state index contributed by atoms with van der Waals surface area (Å²) in [5, 5.41) is 2.85. The molecule has 2 aromatic heterocycles.